The number of nitro groups is 1. The molecule has 29 heavy (non-hydrogen) atoms. The number of hydrogen-bond acceptors (Lipinski definition) is 6. The van der Waals surface area contributed by atoms with Gasteiger partial charge in [0.05, 0.1) is 18.1 Å². The van der Waals surface area contributed by atoms with Crippen LogP contribution in [0.15, 0.2) is 36.4 Å². The SMILES string of the molecule is Cc1ccc(NC(=S)NC(=O)c2ccc(N3CCOCC3)c([N+](=O)[O-])c2)c(C)c1. The summed E-state index contributed by atoms with van der Waals surface area (Å²) in [7, 11) is 0. The molecule has 152 valence electrons. The molecule has 1 fully saturated rings. The molecule has 0 bridgehead atoms. The smallest absolute Gasteiger partial charge is 0.293 e. The zero-order chi connectivity index (χ0) is 21.0. The maximum absolute atomic E-state index is 12.6. The minimum Gasteiger partial charge on any atom is -0.378 e. The Hall–Kier alpha value is -3.04. The second kappa shape index (κ2) is 8.97. The number of nitro benzene ring substituents is 1. The standard InChI is InChI=1S/C20H22N4O4S/c1-13-3-5-16(14(2)11-13)21-20(29)22-19(25)15-4-6-17(18(12-15)24(26)27)23-7-9-28-10-8-23/h3-6,11-12H,7-10H2,1-2H3,(H2,21,22,25,29). The van der Waals surface area contributed by atoms with Crippen LogP contribution in [0.25, 0.3) is 0 Å². The summed E-state index contributed by atoms with van der Waals surface area (Å²) in [5.41, 5.74) is 3.43. The summed E-state index contributed by atoms with van der Waals surface area (Å²) in [5.74, 6) is -0.510. The largest absolute Gasteiger partial charge is 0.378 e. The van der Waals surface area contributed by atoms with Gasteiger partial charge in [0.2, 0.25) is 0 Å². The molecule has 2 aromatic rings. The average Bonchev–Trinajstić information content (AvgIpc) is 2.70. The van der Waals surface area contributed by atoms with E-state index in [4.69, 9.17) is 17.0 Å². The Balaban J connectivity index is 1.73. The van der Waals surface area contributed by atoms with Gasteiger partial charge in [0.1, 0.15) is 5.69 Å². The van der Waals surface area contributed by atoms with E-state index >= 15 is 0 Å². The number of nitrogens with one attached hydrogen (secondary N) is 2. The zero-order valence-corrected chi connectivity index (χ0v) is 17.0. The Bertz CT molecular complexity index is 957. The zero-order valence-electron chi connectivity index (χ0n) is 16.2. The summed E-state index contributed by atoms with van der Waals surface area (Å²) in [6.45, 7) is 6.08. The fraction of sp³-hybridized carbons (Fsp3) is 0.300. The third-order valence-electron chi connectivity index (χ3n) is 4.64. The highest BCUT2D eigenvalue weighted by Gasteiger charge is 2.23. The third-order valence-corrected chi connectivity index (χ3v) is 4.85. The van der Waals surface area contributed by atoms with Crippen molar-refractivity contribution >= 4 is 40.3 Å². The first-order valence-electron chi connectivity index (χ1n) is 9.16. The molecule has 1 amide bonds. The van der Waals surface area contributed by atoms with Crippen molar-refractivity contribution in [3.63, 3.8) is 0 Å². The number of amides is 1. The van der Waals surface area contributed by atoms with E-state index in [2.05, 4.69) is 10.6 Å². The van der Waals surface area contributed by atoms with Gasteiger partial charge in [-0.3, -0.25) is 20.2 Å². The summed E-state index contributed by atoms with van der Waals surface area (Å²) in [6, 6.07) is 10.3. The van der Waals surface area contributed by atoms with Crippen molar-refractivity contribution in [3.8, 4) is 0 Å². The average molecular weight is 414 g/mol. The van der Waals surface area contributed by atoms with Crippen LogP contribution in [-0.4, -0.2) is 42.2 Å². The number of carbonyl (C=O) groups is 1. The molecule has 1 saturated heterocycles. The lowest BCUT2D eigenvalue weighted by Gasteiger charge is -2.28. The number of benzene rings is 2. The summed E-state index contributed by atoms with van der Waals surface area (Å²) >= 11 is 5.22. The van der Waals surface area contributed by atoms with Gasteiger partial charge in [0, 0.05) is 30.4 Å². The second-order valence-corrected chi connectivity index (χ2v) is 7.19. The van der Waals surface area contributed by atoms with Crippen LogP contribution in [0.4, 0.5) is 17.1 Å². The second-order valence-electron chi connectivity index (χ2n) is 6.79. The van der Waals surface area contributed by atoms with Gasteiger partial charge in [-0.2, -0.15) is 0 Å². The van der Waals surface area contributed by atoms with Crippen LogP contribution in [0.5, 0.6) is 0 Å². The van der Waals surface area contributed by atoms with E-state index in [0.29, 0.717) is 32.0 Å². The van der Waals surface area contributed by atoms with Crippen molar-refractivity contribution in [2.45, 2.75) is 13.8 Å². The minimum absolute atomic E-state index is 0.118. The first-order valence-corrected chi connectivity index (χ1v) is 9.56. The molecule has 0 aliphatic carbocycles. The van der Waals surface area contributed by atoms with Gasteiger partial charge in [0.25, 0.3) is 11.6 Å². The van der Waals surface area contributed by atoms with E-state index in [0.717, 1.165) is 16.8 Å². The molecule has 0 unspecified atom stereocenters. The molecule has 2 aromatic carbocycles. The van der Waals surface area contributed by atoms with Crippen molar-refractivity contribution in [2.24, 2.45) is 0 Å². The monoisotopic (exact) mass is 414 g/mol. The molecule has 8 nitrogen and oxygen atoms in total. The van der Waals surface area contributed by atoms with Gasteiger partial charge in [-0.05, 0) is 49.8 Å². The molecular weight excluding hydrogens is 392 g/mol. The topological polar surface area (TPSA) is 96.7 Å². The highest BCUT2D eigenvalue weighted by molar-refractivity contribution is 7.80. The normalized spacial score (nSPS) is 13.7. The van der Waals surface area contributed by atoms with E-state index in [-0.39, 0.29) is 16.4 Å². The number of ether oxygens (including phenoxy) is 1. The molecule has 0 radical (unpaired) electrons. The third kappa shape index (κ3) is 5.07. The van der Waals surface area contributed by atoms with Crippen molar-refractivity contribution in [1.82, 2.24) is 5.32 Å². The lowest BCUT2D eigenvalue weighted by molar-refractivity contribution is -0.384. The molecule has 2 N–H and O–H groups in total. The number of morpholine rings is 1. The lowest BCUT2D eigenvalue weighted by atomic mass is 10.1. The van der Waals surface area contributed by atoms with Crippen LogP contribution in [0, 0.1) is 24.0 Å². The minimum atomic E-state index is -0.510. The van der Waals surface area contributed by atoms with E-state index in [9.17, 15) is 14.9 Å². The molecule has 0 aromatic heterocycles. The molecule has 0 spiro atoms. The fourth-order valence-corrected chi connectivity index (χ4v) is 3.37. The van der Waals surface area contributed by atoms with Gasteiger partial charge < -0.3 is 15.0 Å². The number of hydrogen-bond donors (Lipinski definition) is 2. The van der Waals surface area contributed by atoms with Crippen molar-refractivity contribution in [1.29, 1.82) is 0 Å². The van der Waals surface area contributed by atoms with E-state index in [1.807, 2.05) is 36.9 Å². The van der Waals surface area contributed by atoms with Crippen LogP contribution in [0.2, 0.25) is 0 Å². The van der Waals surface area contributed by atoms with Crippen LogP contribution in [-0.2, 0) is 4.74 Å². The molecule has 1 aliphatic rings. The number of anilines is 2. The summed E-state index contributed by atoms with van der Waals surface area (Å²) in [6.07, 6.45) is 0. The van der Waals surface area contributed by atoms with Crippen LogP contribution in [0.1, 0.15) is 21.5 Å². The Morgan fingerprint density at radius 1 is 1.17 bits per heavy atom. The number of thiocarbonyl (C=S) groups is 1. The highest BCUT2D eigenvalue weighted by atomic mass is 32.1. The van der Waals surface area contributed by atoms with E-state index in [1.54, 1.807) is 12.1 Å². The number of nitrogens with zero attached hydrogens (tertiary/aromatic N) is 2. The van der Waals surface area contributed by atoms with Gasteiger partial charge >= 0.3 is 0 Å². The quantitative estimate of drug-likeness (QED) is 0.451. The first kappa shape index (κ1) is 20.7. The molecule has 1 heterocycles. The van der Waals surface area contributed by atoms with Gasteiger partial charge in [-0.1, -0.05) is 17.7 Å². The van der Waals surface area contributed by atoms with Crippen LogP contribution in [0.3, 0.4) is 0 Å². The highest BCUT2D eigenvalue weighted by Crippen LogP contribution is 2.30. The van der Waals surface area contributed by atoms with Crippen LogP contribution >= 0.6 is 12.2 Å². The Kier molecular flexibility index (Phi) is 6.40. The Morgan fingerprint density at radius 2 is 1.90 bits per heavy atom. The number of carbonyl (C=O) groups excluding carboxylic acids is 1. The Morgan fingerprint density at radius 3 is 2.55 bits per heavy atom. The van der Waals surface area contributed by atoms with Gasteiger partial charge in [-0.25, -0.2) is 0 Å². The predicted molar refractivity (Wildman–Crippen MR) is 116 cm³/mol. The summed E-state index contributed by atoms with van der Waals surface area (Å²) in [5, 5.41) is 17.2. The summed E-state index contributed by atoms with van der Waals surface area (Å²) < 4.78 is 5.29. The van der Waals surface area contributed by atoms with Crippen LogP contribution < -0.4 is 15.5 Å². The first-order chi connectivity index (χ1) is 13.8. The molecule has 0 atom stereocenters. The fourth-order valence-electron chi connectivity index (χ4n) is 3.17. The Labute approximate surface area is 174 Å². The molecule has 1 aliphatic heterocycles. The van der Waals surface area contributed by atoms with Crippen molar-refractivity contribution in [2.75, 3.05) is 36.5 Å². The molecule has 3 rings (SSSR count). The van der Waals surface area contributed by atoms with Gasteiger partial charge in [0.15, 0.2) is 5.11 Å². The molecule has 9 heteroatoms. The predicted octanol–water partition coefficient (Wildman–Crippen LogP) is 3.18. The van der Waals surface area contributed by atoms with Gasteiger partial charge in [-0.15, -0.1) is 0 Å². The lowest BCUT2D eigenvalue weighted by Crippen LogP contribution is -2.37. The van der Waals surface area contributed by atoms with E-state index < -0.39 is 10.8 Å². The molecule has 0 saturated carbocycles. The van der Waals surface area contributed by atoms with E-state index in [1.165, 1.54) is 6.07 Å². The maximum Gasteiger partial charge on any atom is 0.293 e. The number of rotatable bonds is 4. The van der Waals surface area contributed by atoms with Crippen molar-refractivity contribution < 1.29 is 14.5 Å². The van der Waals surface area contributed by atoms with Crippen molar-refractivity contribution in [3.05, 3.63) is 63.2 Å². The maximum atomic E-state index is 12.6. The number of aryl methyl sites for hydroxylation is 2. The summed E-state index contributed by atoms with van der Waals surface area (Å²) in [4.78, 5) is 25.5. The molecular formula is C20H22N4O4S.